The van der Waals surface area contributed by atoms with Gasteiger partial charge in [-0.3, -0.25) is 9.79 Å². The average Bonchev–Trinajstić information content (AvgIpc) is 3.62. The topological polar surface area (TPSA) is 71.9 Å². The molecule has 2 unspecified atom stereocenters. The number of fused-ring (bicyclic) bond motifs is 6. The molecule has 7 rings (SSSR count). The Morgan fingerprint density at radius 2 is 1.65 bits per heavy atom. The molecule has 0 spiro atoms. The summed E-state index contributed by atoms with van der Waals surface area (Å²) >= 11 is 0. The van der Waals surface area contributed by atoms with Gasteiger partial charge < -0.3 is 19.9 Å². The lowest BCUT2D eigenvalue weighted by atomic mass is 9.76. The lowest BCUT2D eigenvalue weighted by molar-refractivity contribution is -0.109. The van der Waals surface area contributed by atoms with Crippen molar-refractivity contribution in [3.8, 4) is 0 Å². The Morgan fingerprint density at radius 1 is 1.00 bits per heavy atom. The lowest BCUT2D eigenvalue weighted by Crippen LogP contribution is -2.42. The quantitative estimate of drug-likeness (QED) is 0.370. The normalized spacial score (nSPS) is 24.5. The second-order valence-corrected chi connectivity index (χ2v) is 14.5. The Hall–Kier alpha value is -3.80. The van der Waals surface area contributed by atoms with Gasteiger partial charge in [0.05, 0.1) is 33.4 Å². The molecule has 2 aromatic carbocycles. The molecule has 0 radical (unpaired) electrons. The highest BCUT2D eigenvalue weighted by Gasteiger charge is 2.47. The first-order valence-corrected chi connectivity index (χ1v) is 15.8. The number of allylic oxidation sites excluding steroid dienone is 3. The fraction of sp³-hybridized carbons (Fsp3) is 0.459. The average molecular weight is 577 g/mol. The molecule has 4 heterocycles. The van der Waals surface area contributed by atoms with Crippen LogP contribution in [-0.2, 0) is 15.6 Å². The first-order chi connectivity index (χ1) is 20.2. The highest BCUT2D eigenvalue weighted by molar-refractivity contribution is 6.52. The van der Waals surface area contributed by atoms with Crippen LogP contribution >= 0.6 is 0 Å². The number of hydrogen-bond acceptors (Lipinski definition) is 5. The molecule has 224 valence electrons. The number of likely N-dealkylation sites (N-methyl/N-ethyl adjacent to an activating group) is 1. The minimum absolute atomic E-state index is 0.0705. The first kappa shape index (κ1) is 28.0. The summed E-state index contributed by atoms with van der Waals surface area (Å²) in [7, 11) is 0. The molecule has 1 aromatic heterocycles. The fourth-order valence-corrected chi connectivity index (χ4v) is 8.41. The van der Waals surface area contributed by atoms with Crippen LogP contribution in [0.1, 0.15) is 97.1 Å². The van der Waals surface area contributed by atoms with Crippen LogP contribution in [0.25, 0.3) is 27.6 Å². The number of carbonyl (C=O) groups excluding carboxylic acids is 1. The predicted molar refractivity (Wildman–Crippen MR) is 177 cm³/mol. The summed E-state index contributed by atoms with van der Waals surface area (Å²) in [5, 5.41) is 14.5. The zero-order valence-corrected chi connectivity index (χ0v) is 27.4. The van der Waals surface area contributed by atoms with E-state index in [1.54, 1.807) is 0 Å². The monoisotopic (exact) mass is 576 g/mol. The SMILES string of the molecule is CCN1c2c(cc(=C3C(=O)C(c4cc5c(c6c(C)c[nH]c46)N(C(C)C)C(C)C5(C)C)=C3O)c3c2C(C)=CN=3)C(C)(C)C1C. The largest absolute Gasteiger partial charge is 0.506 e. The van der Waals surface area contributed by atoms with E-state index < -0.39 is 0 Å². The first-order valence-electron chi connectivity index (χ1n) is 15.8. The third-order valence-electron chi connectivity index (χ3n) is 11.5. The van der Waals surface area contributed by atoms with Gasteiger partial charge in [0.2, 0.25) is 5.78 Å². The standard InChI is InChI=1S/C37H44N4O2/c1-12-40-20(6)36(8,9)24-13-22(30-26(32(24)40)18(4)15-38-30)28-34(42)29(35(28)43)23-14-25-33(27-19(5)16-39-31(23)27)41(17(2)3)21(7)37(25,10)11/h13-17,20-21,39,42H,12H2,1-11H3. The Morgan fingerprint density at radius 3 is 2.28 bits per heavy atom. The van der Waals surface area contributed by atoms with Gasteiger partial charge in [0.15, 0.2) is 0 Å². The summed E-state index contributed by atoms with van der Waals surface area (Å²) in [5.74, 6) is -0.0464. The number of aliphatic hydroxyl groups excluding tert-OH is 1. The minimum atomic E-state index is -0.127. The Balaban J connectivity index is 1.52. The summed E-state index contributed by atoms with van der Waals surface area (Å²) < 4.78 is 0. The molecule has 6 heteroatoms. The van der Waals surface area contributed by atoms with Crippen molar-refractivity contribution in [1.82, 2.24) is 4.98 Å². The maximum Gasteiger partial charge on any atom is 0.201 e. The van der Waals surface area contributed by atoms with Crippen LogP contribution in [0.4, 0.5) is 11.4 Å². The Kier molecular flexibility index (Phi) is 5.63. The van der Waals surface area contributed by atoms with Gasteiger partial charge in [-0.25, -0.2) is 0 Å². The van der Waals surface area contributed by atoms with Crippen molar-refractivity contribution in [1.29, 1.82) is 0 Å². The third-order valence-corrected chi connectivity index (χ3v) is 11.5. The maximum atomic E-state index is 14.3. The number of aromatic nitrogens is 1. The van der Waals surface area contributed by atoms with E-state index in [0.29, 0.717) is 23.2 Å². The zero-order valence-electron chi connectivity index (χ0n) is 27.4. The number of ketones is 1. The molecule has 0 saturated heterocycles. The molecule has 3 aromatic rings. The van der Waals surface area contributed by atoms with E-state index in [2.05, 4.69) is 103 Å². The van der Waals surface area contributed by atoms with Crippen LogP contribution in [0.3, 0.4) is 0 Å². The van der Waals surface area contributed by atoms with Gasteiger partial charge in [-0.05, 0) is 82.9 Å². The summed E-state index contributed by atoms with van der Waals surface area (Å²) in [6, 6.07) is 5.22. The molecule has 1 aliphatic carbocycles. The number of nitrogens with one attached hydrogen (secondary N) is 1. The highest BCUT2D eigenvalue weighted by Crippen LogP contribution is 2.53. The van der Waals surface area contributed by atoms with Crippen molar-refractivity contribution in [2.45, 2.75) is 105 Å². The van der Waals surface area contributed by atoms with Crippen LogP contribution in [0.2, 0.25) is 0 Å². The molecule has 2 N–H and O–H groups in total. The molecular formula is C37H44N4O2. The van der Waals surface area contributed by atoms with Crippen LogP contribution in [0, 0.1) is 6.92 Å². The van der Waals surface area contributed by atoms with Crippen molar-refractivity contribution >= 4 is 44.8 Å². The van der Waals surface area contributed by atoms with Crippen molar-refractivity contribution in [2.24, 2.45) is 4.99 Å². The third kappa shape index (κ3) is 3.25. The zero-order chi connectivity index (χ0) is 31.1. The van der Waals surface area contributed by atoms with Gasteiger partial charge in [-0.15, -0.1) is 0 Å². The minimum Gasteiger partial charge on any atom is -0.506 e. The number of rotatable bonds is 3. The van der Waals surface area contributed by atoms with Gasteiger partial charge in [0.1, 0.15) is 5.76 Å². The van der Waals surface area contributed by atoms with Gasteiger partial charge in [0, 0.05) is 69.6 Å². The van der Waals surface area contributed by atoms with Crippen LogP contribution in [0.5, 0.6) is 0 Å². The molecule has 4 aliphatic rings. The molecule has 6 nitrogen and oxygen atoms in total. The van der Waals surface area contributed by atoms with E-state index in [0.717, 1.165) is 50.3 Å². The second-order valence-electron chi connectivity index (χ2n) is 14.5. The fourth-order valence-electron chi connectivity index (χ4n) is 8.41. The van der Waals surface area contributed by atoms with Gasteiger partial charge in [0.25, 0.3) is 0 Å². The maximum absolute atomic E-state index is 14.3. The van der Waals surface area contributed by atoms with Gasteiger partial charge in [-0.2, -0.15) is 0 Å². The van der Waals surface area contributed by atoms with Crippen molar-refractivity contribution in [3.05, 3.63) is 68.7 Å². The number of aliphatic hydroxyl groups is 1. The van der Waals surface area contributed by atoms with E-state index >= 15 is 0 Å². The van der Waals surface area contributed by atoms with E-state index in [-0.39, 0.29) is 28.4 Å². The second kappa shape index (κ2) is 8.64. The summed E-state index contributed by atoms with van der Waals surface area (Å²) in [4.78, 5) is 27.6. The molecule has 0 bridgehead atoms. The lowest BCUT2D eigenvalue weighted by Gasteiger charge is -2.34. The summed E-state index contributed by atoms with van der Waals surface area (Å²) in [6.07, 6.45) is 3.93. The number of aromatic amines is 1. The molecule has 2 atom stereocenters. The Bertz CT molecular complexity index is 1980. The number of anilines is 2. The number of H-pyrrole nitrogens is 1. The summed E-state index contributed by atoms with van der Waals surface area (Å²) in [6.45, 7) is 25.5. The smallest absolute Gasteiger partial charge is 0.201 e. The van der Waals surface area contributed by atoms with E-state index in [1.807, 2.05) is 12.4 Å². The Labute approximate surface area is 254 Å². The molecule has 3 aliphatic heterocycles. The molecular weight excluding hydrogens is 532 g/mol. The van der Waals surface area contributed by atoms with Crippen molar-refractivity contribution < 1.29 is 9.90 Å². The van der Waals surface area contributed by atoms with E-state index in [4.69, 9.17) is 4.99 Å². The predicted octanol–water partition coefficient (Wildman–Crippen LogP) is 6.57. The molecule has 0 saturated carbocycles. The number of aryl methyl sites for hydroxylation is 1. The van der Waals surface area contributed by atoms with Gasteiger partial charge >= 0.3 is 0 Å². The van der Waals surface area contributed by atoms with Crippen molar-refractivity contribution in [2.75, 3.05) is 16.3 Å². The number of hydrogen-bond donors (Lipinski definition) is 2. The highest BCUT2D eigenvalue weighted by atomic mass is 16.3. The van der Waals surface area contributed by atoms with Crippen LogP contribution in [0.15, 0.2) is 35.3 Å². The molecule has 0 fully saturated rings. The number of carbonyl (C=O) groups is 1. The van der Waals surface area contributed by atoms with E-state index in [1.165, 1.54) is 22.5 Å². The van der Waals surface area contributed by atoms with Crippen LogP contribution < -0.4 is 20.4 Å². The van der Waals surface area contributed by atoms with Gasteiger partial charge in [-0.1, -0.05) is 27.7 Å². The number of Topliss-reactive ketones (excluding diaryl/α,β-unsaturated/α-hetero) is 1. The summed E-state index contributed by atoms with van der Waals surface area (Å²) in [5.41, 5.74) is 10.5. The number of nitrogens with zero attached hydrogens (tertiary/aromatic N) is 3. The van der Waals surface area contributed by atoms with Crippen molar-refractivity contribution in [3.63, 3.8) is 0 Å². The molecule has 0 amide bonds. The van der Waals surface area contributed by atoms with E-state index in [9.17, 15) is 9.90 Å². The number of benzene rings is 2. The molecule has 43 heavy (non-hydrogen) atoms. The van der Waals surface area contributed by atoms with Crippen LogP contribution in [-0.4, -0.2) is 40.5 Å².